The standard InChI is InChI=1S/C16H27N3O3/c1-17-16(18-9-10-22-12-11-20-3)19(2)13-14-5-7-15(21-4)8-6-14/h5-8H,9-13H2,1-4H3,(H,17,18). The molecule has 0 spiro atoms. The van der Waals surface area contributed by atoms with Crippen LogP contribution in [0.2, 0.25) is 0 Å². The molecule has 0 bridgehead atoms. The monoisotopic (exact) mass is 309 g/mol. The van der Waals surface area contributed by atoms with Gasteiger partial charge in [0.25, 0.3) is 0 Å². The Morgan fingerprint density at radius 3 is 2.45 bits per heavy atom. The zero-order chi connectivity index (χ0) is 16.2. The molecule has 0 heterocycles. The Labute approximate surface area is 133 Å². The van der Waals surface area contributed by atoms with E-state index >= 15 is 0 Å². The van der Waals surface area contributed by atoms with Gasteiger partial charge in [-0.2, -0.15) is 0 Å². The predicted molar refractivity (Wildman–Crippen MR) is 88.5 cm³/mol. The minimum Gasteiger partial charge on any atom is -0.497 e. The average Bonchev–Trinajstić information content (AvgIpc) is 2.55. The minimum absolute atomic E-state index is 0.610. The number of hydrogen-bond donors (Lipinski definition) is 1. The van der Waals surface area contributed by atoms with E-state index in [9.17, 15) is 0 Å². The van der Waals surface area contributed by atoms with Crippen LogP contribution in [-0.4, -0.2) is 65.5 Å². The molecule has 1 aromatic rings. The van der Waals surface area contributed by atoms with Crippen LogP contribution in [0.3, 0.4) is 0 Å². The molecule has 0 saturated heterocycles. The summed E-state index contributed by atoms with van der Waals surface area (Å²) in [6.45, 7) is 3.33. The maximum absolute atomic E-state index is 5.42. The first kappa shape index (κ1) is 18.3. The molecule has 0 unspecified atom stereocenters. The highest BCUT2D eigenvalue weighted by Gasteiger charge is 2.06. The quantitative estimate of drug-likeness (QED) is 0.424. The van der Waals surface area contributed by atoms with E-state index in [1.165, 1.54) is 5.56 Å². The van der Waals surface area contributed by atoms with E-state index < -0.39 is 0 Å². The highest BCUT2D eigenvalue weighted by Crippen LogP contribution is 2.12. The van der Waals surface area contributed by atoms with E-state index in [1.807, 2.05) is 19.2 Å². The fraction of sp³-hybridized carbons (Fsp3) is 0.562. The van der Waals surface area contributed by atoms with Crippen molar-refractivity contribution in [1.29, 1.82) is 0 Å². The van der Waals surface area contributed by atoms with Crippen molar-refractivity contribution in [3.63, 3.8) is 0 Å². The van der Waals surface area contributed by atoms with Gasteiger partial charge in [0.05, 0.1) is 26.9 Å². The summed E-state index contributed by atoms with van der Waals surface area (Å²) in [6, 6.07) is 8.03. The fourth-order valence-corrected chi connectivity index (χ4v) is 1.94. The Hall–Kier alpha value is -1.79. The van der Waals surface area contributed by atoms with Gasteiger partial charge in [-0.15, -0.1) is 0 Å². The topological polar surface area (TPSA) is 55.3 Å². The average molecular weight is 309 g/mol. The minimum atomic E-state index is 0.610. The van der Waals surface area contributed by atoms with Gasteiger partial charge >= 0.3 is 0 Å². The van der Waals surface area contributed by atoms with Gasteiger partial charge < -0.3 is 24.4 Å². The Kier molecular flexibility index (Phi) is 9.02. The lowest BCUT2D eigenvalue weighted by atomic mass is 10.2. The lowest BCUT2D eigenvalue weighted by Gasteiger charge is -2.22. The number of nitrogens with zero attached hydrogens (tertiary/aromatic N) is 2. The smallest absolute Gasteiger partial charge is 0.193 e. The molecule has 0 aliphatic heterocycles. The number of benzene rings is 1. The van der Waals surface area contributed by atoms with Crippen LogP contribution in [0.4, 0.5) is 0 Å². The Morgan fingerprint density at radius 2 is 1.86 bits per heavy atom. The molecule has 6 heteroatoms. The maximum atomic E-state index is 5.42. The van der Waals surface area contributed by atoms with Crippen LogP contribution in [0.25, 0.3) is 0 Å². The molecule has 0 fully saturated rings. The highest BCUT2D eigenvalue weighted by atomic mass is 16.5. The zero-order valence-electron chi connectivity index (χ0n) is 14.0. The molecular weight excluding hydrogens is 282 g/mol. The lowest BCUT2D eigenvalue weighted by Crippen LogP contribution is -2.40. The molecule has 0 aliphatic rings. The second kappa shape index (κ2) is 10.9. The van der Waals surface area contributed by atoms with Gasteiger partial charge in [-0.3, -0.25) is 4.99 Å². The fourth-order valence-electron chi connectivity index (χ4n) is 1.94. The van der Waals surface area contributed by atoms with Gasteiger partial charge in [-0.05, 0) is 17.7 Å². The first-order valence-electron chi connectivity index (χ1n) is 7.32. The maximum Gasteiger partial charge on any atom is 0.193 e. The van der Waals surface area contributed by atoms with Crippen molar-refractivity contribution < 1.29 is 14.2 Å². The molecule has 0 radical (unpaired) electrons. The number of guanidine groups is 1. The summed E-state index contributed by atoms with van der Waals surface area (Å²) in [6.07, 6.45) is 0. The van der Waals surface area contributed by atoms with Crippen LogP contribution in [0, 0.1) is 0 Å². The molecule has 0 aromatic heterocycles. The molecule has 0 saturated carbocycles. The van der Waals surface area contributed by atoms with Crippen molar-refractivity contribution in [3.05, 3.63) is 29.8 Å². The SMILES string of the molecule is CN=C(NCCOCCOC)N(C)Cc1ccc(OC)cc1. The highest BCUT2D eigenvalue weighted by molar-refractivity contribution is 5.79. The van der Waals surface area contributed by atoms with Crippen LogP contribution in [0.1, 0.15) is 5.56 Å². The van der Waals surface area contributed by atoms with E-state index in [4.69, 9.17) is 14.2 Å². The summed E-state index contributed by atoms with van der Waals surface area (Å²) in [5.41, 5.74) is 1.20. The van der Waals surface area contributed by atoms with Crippen molar-refractivity contribution in [1.82, 2.24) is 10.2 Å². The van der Waals surface area contributed by atoms with E-state index in [-0.39, 0.29) is 0 Å². The molecule has 1 rings (SSSR count). The van der Waals surface area contributed by atoms with E-state index in [2.05, 4.69) is 27.3 Å². The number of hydrogen-bond acceptors (Lipinski definition) is 4. The van der Waals surface area contributed by atoms with E-state index in [1.54, 1.807) is 21.3 Å². The largest absolute Gasteiger partial charge is 0.497 e. The summed E-state index contributed by atoms with van der Waals surface area (Å²) in [7, 11) is 7.11. The predicted octanol–water partition coefficient (Wildman–Crippen LogP) is 1.37. The molecular formula is C16H27N3O3. The molecule has 124 valence electrons. The second-order valence-electron chi connectivity index (χ2n) is 4.78. The van der Waals surface area contributed by atoms with Gasteiger partial charge in [-0.1, -0.05) is 12.1 Å². The van der Waals surface area contributed by atoms with Crippen LogP contribution in [-0.2, 0) is 16.0 Å². The molecule has 0 aliphatic carbocycles. The van der Waals surface area contributed by atoms with Gasteiger partial charge in [0.1, 0.15) is 5.75 Å². The van der Waals surface area contributed by atoms with Crippen LogP contribution >= 0.6 is 0 Å². The Morgan fingerprint density at radius 1 is 1.14 bits per heavy atom. The van der Waals surface area contributed by atoms with Crippen molar-refractivity contribution in [2.24, 2.45) is 4.99 Å². The second-order valence-corrected chi connectivity index (χ2v) is 4.78. The van der Waals surface area contributed by atoms with Crippen LogP contribution < -0.4 is 10.1 Å². The van der Waals surface area contributed by atoms with Gasteiger partial charge in [-0.25, -0.2) is 0 Å². The third-order valence-corrected chi connectivity index (χ3v) is 3.11. The number of nitrogens with one attached hydrogen (secondary N) is 1. The molecule has 6 nitrogen and oxygen atoms in total. The summed E-state index contributed by atoms with van der Waals surface area (Å²) < 4.78 is 15.5. The molecule has 0 atom stereocenters. The van der Waals surface area contributed by atoms with Gasteiger partial charge in [0.15, 0.2) is 5.96 Å². The van der Waals surface area contributed by atoms with E-state index in [0.717, 1.165) is 18.3 Å². The lowest BCUT2D eigenvalue weighted by molar-refractivity contribution is 0.0731. The molecule has 1 N–H and O–H groups in total. The van der Waals surface area contributed by atoms with Gasteiger partial charge in [0, 0.05) is 34.3 Å². The van der Waals surface area contributed by atoms with Crippen LogP contribution in [0.15, 0.2) is 29.3 Å². The summed E-state index contributed by atoms with van der Waals surface area (Å²) in [4.78, 5) is 6.34. The molecule has 22 heavy (non-hydrogen) atoms. The zero-order valence-corrected chi connectivity index (χ0v) is 14.0. The number of ether oxygens (including phenoxy) is 3. The molecule has 1 aromatic carbocycles. The third-order valence-electron chi connectivity index (χ3n) is 3.11. The Bertz CT molecular complexity index is 435. The normalized spacial score (nSPS) is 11.4. The Balaban J connectivity index is 2.35. The van der Waals surface area contributed by atoms with Crippen molar-refractivity contribution >= 4 is 5.96 Å². The molecule has 0 amide bonds. The number of methoxy groups -OCH3 is 2. The van der Waals surface area contributed by atoms with Crippen LogP contribution in [0.5, 0.6) is 5.75 Å². The third kappa shape index (κ3) is 6.78. The first-order valence-corrected chi connectivity index (χ1v) is 7.32. The van der Waals surface area contributed by atoms with Crippen molar-refractivity contribution in [3.8, 4) is 5.75 Å². The first-order chi connectivity index (χ1) is 10.7. The summed E-state index contributed by atoms with van der Waals surface area (Å²) in [5, 5.41) is 3.27. The van der Waals surface area contributed by atoms with Crippen molar-refractivity contribution in [2.75, 3.05) is 54.7 Å². The summed E-state index contributed by atoms with van der Waals surface area (Å²) in [5.74, 6) is 1.70. The van der Waals surface area contributed by atoms with Crippen molar-refractivity contribution in [2.45, 2.75) is 6.54 Å². The van der Waals surface area contributed by atoms with E-state index in [0.29, 0.717) is 26.4 Å². The number of aliphatic imine (C=N–C) groups is 1. The number of rotatable bonds is 9. The summed E-state index contributed by atoms with van der Waals surface area (Å²) >= 11 is 0. The van der Waals surface area contributed by atoms with Gasteiger partial charge in [0.2, 0.25) is 0 Å².